The molecule has 0 N–H and O–H groups in total. The first-order valence-electron chi connectivity index (χ1n) is 4.04. The first-order valence-corrected chi connectivity index (χ1v) is 4.04. The average molecular weight is 152 g/mol. The Kier molecular flexibility index (Phi) is 2.19. The van der Waals surface area contributed by atoms with Gasteiger partial charge in [-0.15, -0.1) is 6.58 Å². The molecule has 2 unspecified atom stereocenters. The molecule has 1 rings (SSSR count). The van der Waals surface area contributed by atoms with Crippen molar-refractivity contribution >= 4 is 0 Å². The molecule has 0 aliphatic carbocycles. The van der Waals surface area contributed by atoms with Gasteiger partial charge in [0.05, 0.1) is 11.7 Å². The van der Waals surface area contributed by atoms with Crippen LogP contribution < -0.4 is 0 Å². The van der Waals surface area contributed by atoms with Crippen molar-refractivity contribution in [2.45, 2.75) is 38.4 Å². The molecule has 0 saturated carbocycles. The fourth-order valence-electron chi connectivity index (χ4n) is 1.36. The van der Waals surface area contributed by atoms with E-state index in [0.29, 0.717) is 0 Å². The van der Waals surface area contributed by atoms with Gasteiger partial charge in [-0.25, -0.2) is 0 Å². The summed E-state index contributed by atoms with van der Waals surface area (Å²) in [4.78, 5) is 0. The zero-order valence-corrected chi connectivity index (χ0v) is 7.39. The van der Waals surface area contributed by atoms with E-state index in [1.807, 2.05) is 13.0 Å². The number of hydrogen-bond acceptors (Lipinski definition) is 1. The Labute approximate surface area is 68.8 Å². The zero-order chi connectivity index (χ0) is 8.48. The molecule has 2 atom stereocenters. The lowest BCUT2D eigenvalue weighted by Gasteiger charge is -2.20. The van der Waals surface area contributed by atoms with E-state index < -0.39 is 0 Å². The normalized spacial score (nSPS) is 37.1. The maximum Gasteiger partial charge on any atom is 0.0841 e. The van der Waals surface area contributed by atoms with Crippen molar-refractivity contribution in [3.05, 3.63) is 24.8 Å². The molecule has 1 heteroatoms. The van der Waals surface area contributed by atoms with E-state index in [2.05, 4.69) is 20.1 Å². The smallest absolute Gasteiger partial charge is 0.0841 e. The van der Waals surface area contributed by atoms with Crippen LogP contribution in [0.2, 0.25) is 0 Å². The SMILES string of the molecule is C=CC1(C)CCC(C(=C)C)O1. The van der Waals surface area contributed by atoms with Gasteiger partial charge < -0.3 is 4.74 Å². The highest BCUT2D eigenvalue weighted by Crippen LogP contribution is 2.33. The topological polar surface area (TPSA) is 9.23 Å². The predicted octanol–water partition coefficient (Wildman–Crippen LogP) is 2.69. The van der Waals surface area contributed by atoms with Crippen molar-refractivity contribution in [2.75, 3.05) is 0 Å². The van der Waals surface area contributed by atoms with Gasteiger partial charge >= 0.3 is 0 Å². The minimum Gasteiger partial charge on any atom is -0.364 e. The summed E-state index contributed by atoms with van der Waals surface area (Å²) < 4.78 is 5.74. The lowest BCUT2D eigenvalue weighted by atomic mass is 10.0. The van der Waals surface area contributed by atoms with E-state index in [1.165, 1.54) is 0 Å². The highest BCUT2D eigenvalue weighted by atomic mass is 16.5. The molecule has 0 aromatic carbocycles. The van der Waals surface area contributed by atoms with Gasteiger partial charge in [0.2, 0.25) is 0 Å². The third-order valence-electron chi connectivity index (χ3n) is 2.30. The van der Waals surface area contributed by atoms with Crippen molar-refractivity contribution in [2.24, 2.45) is 0 Å². The Bertz CT molecular complexity index is 183. The Morgan fingerprint density at radius 1 is 1.73 bits per heavy atom. The molecular formula is C10H16O. The Morgan fingerprint density at radius 2 is 2.36 bits per heavy atom. The van der Waals surface area contributed by atoms with E-state index in [1.54, 1.807) is 0 Å². The molecule has 0 amide bonds. The van der Waals surface area contributed by atoms with Crippen LogP contribution >= 0.6 is 0 Å². The lowest BCUT2D eigenvalue weighted by molar-refractivity contribution is 0.0224. The van der Waals surface area contributed by atoms with Crippen LogP contribution in [0.3, 0.4) is 0 Å². The molecule has 1 saturated heterocycles. The van der Waals surface area contributed by atoms with E-state index in [9.17, 15) is 0 Å². The summed E-state index contributed by atoms with van der Waals surface area (Å²) in [6.07, 6.45) is 4.28. The Balaban J connectivity index is 2.59. The summed E-state index contributed by atoms with van der Waals surface area (Å²) in [6, 6.07) is 0. The molecule has 1 heterocycles. The number of ether oxygens (including phenoxy) is 1. The van der Waals surface area contributed by atoms with Crippen LogP contribution in [0.5, 0.6) is 0 Å². The molecule has 0 spiro atoms. The fraction of sp³-hybridized carbons (Fsp3) is 0.600. The molecule has 1 fully saturated rings. The lowest BCUT2D eigenvalue weighted by Crippen LogP contribution is -2.21. The van der Waals surface area contributed by atoms with E-state index in [-0.39, 0.29) is 11.7 Å². The summed E-state index contributed by atoms with van der Waals surface area (Å²) >= 11 is 0. The van der Waals surface area contributed by atoms with Gasteiger partial charge in [0, 0.05) is 0 Å². The van der Waals surface area contributed by atoms with Crippen molar-refractivity contribution in [3.8, 4) is 0 Å². The summed E-state index contributed by atoms with van der Waals surface area (Å²) in [5, 5.41) is 0. The van der Waals surface area contributed by atoms with Gasteiger partial charge in [-0.2, -0.15) is 0 Å². The van der Waals surface area contributed by atoms with Crippen LogP contribution in [0, 0.1) is 0 Å². The zero-order valence-electron chi connectivity index (χ0n) is 7.39. The molecule has 1 aliphatic rings. The van der Waals surface area contributed by atoms with Gasteiger partial charge in [-0.3, -0.25) is 0 Å². The van der Waals surface area contributed by atoms with Crippen LogP contribution in [0.25, 0.3) is 0 Å². The molecule has 0 aromatic rings. The third kappa shape index (κ3) is 1.72. The standard InChI is InChI=1S/C10H16O/c1-5-10(4)7-6-9(11-10)8(2)3/h5,9H,1-2,6-7H2,3-4H3. The van der Waals surface area contributed by atoms with Crippen LogP contribution in [-0.4, -0.2) is 11.7 Å². The number of rotatable bonds is 2. The molecule has 11 heavy (non-hydrogen) atoms. The average Bonchev–Trinajstić information content (AvgIpc) is 2.33. The molecule has 62 valence electrons. The second-order valence-corrected chi connectivity index (χ2v) is 3.51. The van der Waals surface area contributed by atoms with Crippen LogP contribution in [0.1, 0.15) is 26.7 Å². The van der Waals surface area contributed by atoms with Gasteiger partial charge in [-0.1, -0.05) is 18.2 Å². The van der Waals surface area contributed by atoms with Crippen LogP contribution in [0.15, 0.2) is 24.8 Å². The van der Waals surface area contributed by atoms with Crippen molar-refractivity contribution in [3.63, 3.8) is 0 Å². The van der Waals surface area contributed by atoms with E-state index >= 15 is 0 Å². The molecule has 0 aromatic heterocycles. The maximum absolute atomic E-state index is 5.74. The molecule has 0 radical (unpaired) electrons. The molecular weight excluding hydrogens is 136 g/mol. The van der Waals surface area contributed by atoms with Gasteiger partial charge in [0.15, 0.2) is 0 Å². The fourth-order valence-corrected chi connectivity index (χ4v) is 1.36. The minimum atomic E-state index is -0.108. The highest BCUT2D eigenvalue weighted by Gasteiger charge is 2.33. The summed E-state index contributed by atoms with van der Waals surface area (Å²) in [7, 11) is 0. The third-order valence-corrected chi connectivity index (χ3v) is 2.30. The van der Waals surface area contributed by atoms with Crippen molar-refractivity contribution in [1.29, 1.82) is 0 Å². The number of hydrogen-bond donors (Lipinski definition) is 0. The molecule has 0 bridgehead atoms. The van der Waals surface area contributed by atoms with E-state index in [4.69, 9.17) is 4.74 Å². The first-order chi connectivity index (χ1) is 5.07. The summed E-state index contributed by atoms with van der Waals surface area (Å²) in [5.74, 6) is 0. The van der Waals surface area contributed by atoms with Gasteiger partial charge in [0.25, 0.3) is 0 Å². The summed E-state index contributed by atoms with van der Waals surface area (Å²) in [5.41, 5.74) is 1.01. The molecule has 1 aliphatic heterocycles. The second kappa shape index (κ2) is 2.82. The first kappa shape index (κ1) is 8.54. The minimum absolute atomic E-state index is 0.108. The van der Waals surface area contributed by atoms with Crippen LogP contribution in [0.4, 0.5) is 0 Å². The largest absolute Gasteiger partial charge is 0.364 e. The Hall–Kier alpha value is -0.560. The highest BCUT2D eigenvalue weighted by molar-refractivity contribution is 5.07. The monoisotopic (exact) mass is 152 g/mol. The van der Waals surface area contributed by atoms with E-state index in [0.717, 1.165) is 18.4 Å². The van der Waals surface area contributed by atoms with Crippen molar-refractivity contribution < 1.29 is 4.74 Å². The predicted molar refractivity (Wildman–Crippen MR) is 47.5 cm³/mol. The maximum atomic E-state index is 5.74. The van der Waals surface area contributed by atoms with Crippen LogP contribution in [-0.2, 0) is 4.74 Å². The van der Waals surface area contributed by atoms with Crippen molar-refractivity contribution in [1.82, 2.24) is 0 Å². The van der Waals surface area contributed by atoms with Gasteiger partial charge in [-0.05, 0) is 26.7 Å². The second-order valence-electron chi connectivity index (χ2n) is 3.51. The Morgan fingerprint density at radius 3 is 2.64 bits per heavy atom. The van der Waals surface area contributed by atoms with Gasteiger partial charge in [0.1, 0.15) is 0 Å². The summed E-state index contributed by atoms with van der Waals surface area (Å²) in [6.45, 7) is 11.7. The quantitative estimate of drug-likeness (QED) is 0.553. The molecule has 1 nitrogen and oxygen atoms in total.